The summed E-state index contributed by atoms with van der Waals surface area (Å²) < 4.78 is 88.3. The third-order valence-electron chi connectivity index (χ3n) is 3.45. The Morgan fingerprint density at radius 3 is 0.333 bits per heavy atom. The van der Waals surface area contributed by atoms with Crippen molar-refractivity contribution in [3.05, 3.63) is 0 Å². The van der Waals surface area contributed by atoms with Gasteiger partial charge in [0.25, 0.3) is 0 Å². The molecule has 0 heterocycles. The van der Waals surface area contributed by atoms with Crippen LogP contribution in [0.15, 0.2) is 0 Å². The Morgan fingerprint density at radius 1 is 0.229 bits per heavy atom. The van der Waals surface area contributed by atoms with Crippen LogP contribution >= 0.6 is 46.9 Å². The van der Waals surface area contributed by atoms with Crippen LogP contribution in [0, 0.1) is 0 Å². The van der Waals surface area contributed by atoms with Gasteiger partial charge in [-0.3, -0.25) is 0 Å². The van der Waals surface area contributed by atoms with Gasteiger partial charge in [-0.05, 0) is 0 Å². The Hall–Kier alpha value is 12.7. The fraction of sp³-hybridized carbons (Fsp3) is 1.00. The molecule has 1 aliphatic carbocycles. The van der Waals surface area contributed by atoms with Crippen molar-refractivity contribution in [3.8, 4) is 0 Å². The van der Waals surface area contributed by atoms with E-state index in [0.29, 0.717) is 0 Å². The first-order valence-electron chi connectivity index (χ1n) is 7.80. The van der Waals surface area contributed by atoms with Gasteiger partial charge in [0.2, 0.25) is 0 Å². The first-order chi connectivity index (χ1) is 15.6. The molecule has 24 nitrogen and oxygen atoms in total. The van der Waals surface area contributed by atoms with Crippen LogP contribution < -0.4 is 413 Å². The second-order valence-electron chi connectivity index (χ2n) is 6.10. The standard InChI is InChI=1S/C6H18O24P6.12Na/c7-31(8,9)25-1-2(26-32(10,11)12)4(28-34(16,17)18)6(30-36(22,23)24)5(29-35(19,20)21)3(1)27-33(13,14)15;;;;;;;;;;;;/h1-6H,(H2,7,8,9)(H2,10,11,12)(H2,13,14,15)(H2,16,17,18)(H2,19,20,21)(H2,22,23,24);;;;;;;;;;;;/q;12*+1/p-12. The molecule has 1 fully saturated rings. The van der Waals surface area contributed by atoms with Crippen molar-refractivity contribution in [2.75, 3.05) is 0 Å². The Bertz CT molecular complexity index is 857. The predicted molar refractivity (Wildman–Crippen MR) is 74.9 cm³/mol. The molecule has 0 saturated heterocycles. The first kappa shape index (κ1) is 91.2. The summed E-state index contributed by atoms with van der Waals surface area (Å²) in [6.07, 6.45) is -21.5. The van der Waals surface area contributed by atoms with Crippen LogP contribution in [0.3, 0.4) is 0 Å². The Kier molecular flexibility index (Phi) is 73.9. The van der Waals surface area contributed by atoms with Crippen LogP contribution in [0.2, 0.25) is 0 Å². The fourth-order valence-corrected chi connectivity index (χ4v) is 5.96. The minimum absolute atomic E-state index is 0. The number of phosphoric acid groups is 6. The zero-order valence-electron chi connectivity index (χ0n) is 27.9. The summed E-state index contributed by atoms with van der Waals surface area (Å²) in [5.41, 5.74) is 0. The maximum absolute atomic E-state index is 11.1. The molecule has 0 unspecified atom stereocenters. The van der Waals surface area contributed by atoms with Crippen LogP contribution in [-0.4, -0.2) is 36.6 Å². The monoisotopic (exact) mass is 924 g/mol. The SMILES string of the molecule is O=P([O-])([O-])OC1C(OP(=O)([O-])[O-])C(OP(=O)([O-])[O-])C(OP(=O)([O-])[O-])C(OP(=O)([O-])[O-])C1OP(=O)([O-])[O-].[Na+].[Na+].[Na+].[Na+].[Na+].[Na+].[Na+].[Na+].[Na+].[Na+].[Na+].[Na+]. The molecule has 48 heavy (non-hydrogen) atoms. The molecule has 0 amide bonds. The van der Waals surface area contributed by atoms with Gasteiger partial charge in [0.05, 0.1) is 46.9 Å². The quantitative estimate of drug-likeness (QED) is 0.129. The molecule has 1 aliphatic rings. The summed E-state index contributed by atoms with van der Waals surface area (Å²) in [4.78, 5) is 133. The average molecular weight is 924 g/mol. The molecule has 0 aliphatic heterocycles. The molecule has 0 bridgehead atoms. The van der Waals surface area contributed by atoms with Crippen LogP contribution in [0.1, 0.15) is 0 Å². The van der Waals surface area contributed by atoms with Gasteiger partial charge in [0, 0.05) is 0 Å². The molecule has 1 rings (SSSR count). The molecule has 1 saturated carbocycles. The van der Waals surface area contributed by atoms with E-state index < -0.39 is 83.6 Å². The van der Waals surface area contributed by atoms with Crippen LogP contribution in [0.25, 0.3) is 0 Å². The number of hydrogen-bond donors (Lipinski definition) is 0. The molecule has 0 aromatic carbocycles. The van der Waals surface area contributed by atoms with E-state index in [0.717, 1.165) is 0 Å². The summed E-state index contributed by atoms with van der Waals surface area (Å²) in [5, 5.41) is 0. The van der Waals surface area contributed by atoms with Gasteiger partial charge in [0.1, 0.15) is 36.6 Å². The maximum Gasteiger partial charge on any atom is 1.00 e. The number of phosphoric ester groups is 6. The third kappa shape index (κ3) is 43.9. The van der Waals surface area contributed by atoms with E-state index in [4.69, 9.17) is 0 Å². The van der Waals surface area contributed by atoms with E-state index in [-0.39, 0.29) is 355 Å². The maximum atomic E-state index is 11.1. The average Bonchev–Trinajstić information content (AvgIpc) is 2.51. The topological polar surface area (TPSA) is 435 Å². The van der Waals surface area contributed by atoms with E-state index >= 15 is 0 Å². The molecule has 0 atom stereocenters. The normalized spacial score (nSPS) is 22.0. The summed E-state index contributed by atoms with van der Waals surface area (Å²) in [7, 11) is -40.1. The third-order valence-corrected chi connectivity index (χ3v) is 6.46. The van der Waals surface area contributed by atoms with Crippen molar-refractivity contribution in [3.63, 3.8) is 0 Å². The summed E-state index contributed by atoms with van der Waals surface area (Å²) in [6.45, 7) is 0. The largest absolute Gasteiger partial charge is 1.00 e. The molecule has 0 aromatic heterocycles. The van der Waals surface area contributed by atoms with Crippen LogP contribution in [0.4, 0.5) is 0 Å². The van der Waals surface area contributed by atoms with Crippen molar-refractivity contribution in [1.29, 1.82) is 0 Å². The first-order valence-corrected chi connectivity index (χ1v) is 16.6. The van der Waals surface area contributed by atoms with Crippen LogP contribution in [-0.2, 0) is 54.5 Å². The Balaban J connectivity index is -0.000000108. The number of rotatable bonds is 12. The molecule has 0 radical (unpaired) electrons. The zero-order chi connectivity index (χ0) is 28.7. The molecule has 216 valence electrons. The Morgan fingerprint density at radius 2 is 0.292 bits per heavy atom. The van der Waals surface area contributed by atoms with Gasteiger partial charge in [0.15, 0.2) is 0 Å². The van der Waals surface area contributed by atoms with Gasteiger partial charge in [-0.2, -0.15) is 0 Å². The van der Waals surface area contributed by atoms with E-state index in [1.54, 1.807) is 0 Å². The molecule has 42 heteroatoms. The van der Waals surface area contributed by atoms with E-state index in [2.05, 4.69) is 27.1 Å². The molecule has 0 aromatic rings. The molecule has 0 spiro atoms. The van der Waals surface area contributed by atoms with Crippen molar-refractivity contribution in [2.24, 2.45) is 0 Å². The van der Waals surface area contributed by atoms with Gasteiger partial charge >= 0.3 is 355 Å². The van der Waals surface area contributed by atoms with Crippen molar-refractivity contribution in [1.82, 2.24) is 0 Å². The molecule has 0 N–H and O–H groups in total. The van der Waals surface area contributed by atoms with E-state index in [1.165, 1.54) is 0 Å². The van der Waals surface area contributed by atoms with Gasteiger partial charge < -0.3 is 113 Å². The number of hydrogen-bond acceptors (Lipinski definition) is 24. The molecular weight excluding hydrogens is 918 g/mol. The van der Waals surface area contributed by atoms with Gasteiger partial charge in [-0.15, -0.1) is 0 Å². The van der Waals surface area contributed by atoms with Crippen molar-refractivity contribution in [2.45, 2.75) is 36.6 Å². The predicted octanol–water partition coefficient (Wildman–Crippen LogP) is -46.7. The van der Waals surface area contributed by atoms with Crippen molar-refractivity contribution >= 4 is 46.9 Å². The Labute approximate surface area is 538 Å². The van der Waals surface area contributed by atoms with E-state index in [1.807, 2.05) is 0 Å². The fourth-order valence-electron chi connectivity index (χ4n) is 2.74. The minimum Gasteiger partial charge on any atom is -0.790 e. The summed E-state index contributed by atoms with van der Waals surface area (Å²) in [5.74, 6) is 0. The smallest absolute Gasteiger partial charge is 0.790 e. The van der Waals surface area contributed by atoms with Crippen LogP contribution in [0.5, 0.6) is 0 Å². The second kappa shape index (κ2) is 38.9. The van der Waals surface area contributed by atoms with Gasteiger partial charge in [-0.1, -0.05) is 0 Å². The van der Waals surface area contributed by atoms with Crippen molar-refractivity contribution < 1.29 is 468 Å². The minimum atomic E-state index is -6.68. The second-order valence-corrected chi connectivity index (χ2v) is 12.7. The van der Waals surface area contributed by atoms with Gasteiger partial charge in [-0.25, -0.2) is 0 Å². The zero-order valence-corrected chi connectivity index (χ0v) is 57.3. The summed E-state index contributed by atoms with van der Waals surface area (Å²) in [6, 6.07) is 0. The summed E-state index contributed by atoms with van der Waals surface area (Å²) >= 11 is 0. The molecular formula is C6H6Na12O24P6. The van der Waals surface area contributed by atoms with E-state index in [9.17, 15) is 86.1 Å².